The van der Waals surface area contributed by atoms with Crippen molar-refractivity contribution >= 4 is 5.91 Å². The first-order valence-corrected chi connectivity index (χ1v) is 9.02. The number of aryl methyl sites for hydroxylation is 2. The highest BCUT2D eigenvalue weighted by Gasteiger charge is 2.50. The molecular formula is C19H24N4O3. The second-order valence-corrected chi connectivity index (χ2v) is 7.26. The lowest BCUT2D eigenvalue weighted by Crippen LogP contribution is -2.67. The summed E-state index contributed by atoms with van der Waals surface area (Å²) in [4.78, 5) is 25.9. The fraction of sp³-hybridized carbons (Fsp3) is 0.526. The second kappa shape index (κ2) is 6.81. The van der Waals surface area contributed by atoms with E-state index in [4.69, 9.17) is 9.47 Å². The van der Waals surface area contributed by atoms with Crippen LogP contribution in [0.25, 0.3) is 0 Å². The minimum absolute atomic E-state index is 0.0371. The highest BCUT2D eigenvalue weighted by molar-refractivity contribution is 5.94. The van der Waals surface area contributed by atoms with Crippen molar-refractivity contribution in [2.45, 2.75) is 45.0 Å². The molecule has 7 nitrogen and oxygen atoms in total. The van der Waals surface area contributed by atoms with E-state index in [9.17, 15) is 4.79 Å². The van der Waals surface area contributed by atoms with Crippen LogP contribution in [0, 0.1) is 13.8 Å². The number of pyridine rings is 1. The summed E-state index contributed by atoms with van der Waals surface area (Å²) >= 11 is 0. The molecule has 2 saturated heterocycles. The Hall–Kier alpha value is -2.25. The molecule has 0 aromatic carbocycles. The van der Waals surface area contributed by atoms with Crippen molar-refractivity contribution < 1.29 is 14.3 Å². The molecule has 0 saturated carbocycles. The third-order valence-corrected chi connectivity index (χ3v) is 5.14. The first-order valence-electron chi connectivity index (χ1n) is 9.02. The van der Waals surface area contributed by atoms with E-state index in [0.717, 1.165) is 29.9 Å². The third-order valence-electron chi connectivity index (χ3n) is 5.14. The van der Waals surface area contributed by atoms with Gasteiger partial charge in [0, 0.05) is 24.4 Å². The predicted octanol–water partition coefficient (Wildman–Crippen LogP) is 2.01. The summed E-state index contributed by atoms with van der Waals surface area (Å²) in [5, 5.41) is 0. The minimum Gasteiger partial charge on any atom is -0.372 e. The number of hydrogen-bond acceptors (Lipinski definition) is 5. The maximum Gasteiger partial charge on any atom is 0.274 e. The van der Waals surface area contributed by atoms with E-state index in [1.807, 2.05) is 32.0 Å². The van der Waals surface area contributed by atoms with Gasteiger partial charge in [-0.3, -0.25) is 9.78 Å². The SMILES string of the molecule is Cc1cccc(CO[C@@H]2CCOC3(C2)CN(C(=O)c2nc[nH]c2C)C3)n1. The zero-order valence-electron chi connectivity index (χ0n) is 15.2. The summed E-state index contributed by atoms with van der Waals surface area (Å²) in [5.41, 5.74) is 2.96. The van der Waals surface area contributed by atoms with Crippen molar-refractivity contribution in [3.05, 3.63) is 47.3 Å². The molecule has 2 aliphatic rings. The zero-order chi connectivity index (χ0) is 18.1. The number of amides is 1. The molecule has 0 aliphatic carbocycles. The van der Waals surface area contributed by atoms with Gasteiger partial charge < -0.3 is 19.4 Å². The molecule has 2 aromatic rings. The molecule has 0 bridgehead atoms. The molecule has 0 radical (unpaired) electrons. The fourth-order valence-corrected chi connectivity index (χ4v) is 3.75. The molecule has 4 heterocycles. The number of H-pyrrole nitrogens is 1. The van der Waals surface area contributed by atoms with Gasteiger partial charge in [0.05, 0.1) is 37.8 Å². The van der Waals surface area contributed by atoms with Gasteiger partial charge in [-0.05, 0) is 32.4 Å². The van der Waals surface area contributed by atoms with Crippen LogP contribution in [0.1, 0.15) is 40.4 Å². The standard InChI is InChI=1S/C19H24N4O3/c1-13-4-3-5-15(22-13)9-25-16-6-7-26-19(8-16)10-23(11-19)18(24)17-14(2)20-12-21-17/h3-5,12,16H,6-11H2,1-2H3,(H,20,21)/t16-/m1/s1. The molecule has 2 aliphatic heterocycles. The molecule has 2 aromatic heterocycles. The number of hydrogen-bond donors (Lipinski definition) is 1. The van der Waals surface area contributed by atoms with Gasteiger partial charge in [0.2, 0.25) is 0 Å². The molecule has 4 rings (SSSR count). The molecule has 138 valence electrons. The summed E-state index contributed by atoms with van der Waals surface area (Å²) in [6, 6.07) is 5.96. The van der Waals surface area contributed by atoms with E-state index in [2.05, 4.69) is 15.0 Å². The lowest BCUT2D eigenvalue weighted by atomic mass is 9.84. The molecular weight excluding hydrogens is 332 g/mol. The number of aromatic nitrogens is 3. The Labute approximate surface area is 152 Å². The summed E-state index contributed by atoms with van der Waals surface area (Å²) in [6.07, 6.45) is 3.37. The maximum atomic E-state index is 12.5. The van der Waals surface area contributed by atoms with E-state index in [-0.39, 0.29) is 17.6 Å². The zero-order valence-corrected chi connectivity index (χ0v) is 15.2. The Morgan fingerprint density at radius 3 is 3.00 bits per heavy atom. The normalized spacial score (nSPS) is 21.6. The number of likely N-dealkylation sites (tertiary alicyclic amines) is 1. The first kappa shape index (κ1) is 17.2. The molecule has 0 unspecified atom stereocenters. The lowest BCUT2D eigenvalue weighted by Gasteiger charge is -2.52. The molecule has 7 heteroatoms. The lowest BCUT2D eigenvalue weighted by molar-refractivity contribution is -0.188. The molecule has 26 heavy (non-hydrogen) atoms. The highest BCUT2D eigenvalue weighted by atomic mass is 16.5. The predicted molar refractivity (Wildman–Crippen MR) is 94.7 cm³/mol. The van der Waals surface area contributed by atoms with Crippen LogP contribution in [0.2, 0.25) is 0 Å². The highest BCUT2D eigenvalue weighted by Crippen LogP contribution is 2.36. The quantitative estimate of drug-likeness (QED) is 0.906. The summed E-state index contributed by atoms with van der Waals surface area (Å²) in [5.74, 6) is -0.0371. The minimum atomic E-state index is -0.275. The van der Waals surface area contributed by atoms with Gasteiger partial charge >= 0.3 is 0 Å². The monoisotopic (exact) mass is 356 g/mol. The van der Waals surface area contributed by atoms with Crippen LogP contribution >= 0.6 is 0 Å². The molecule has 1 atom stereocenters. The van der Waals surface area contributed by atoms with Gasteiger partial charge in [-0.15, -0.1) is 0 Å². The number of nitrogens with one attached hydrogen (secondary N) is 1. The first-order chi connectivity index (χ1) is 12.5. The molecule has 1 N–H and O–H groups in total. The topological polar surface area (TPSA) is 80.3 Å². The number of imidazole rings is 1. The van der Waals surface area contributed by atoms with Gasteiger partial charge in [0.25, 0.3) is 5.91 Å². The number of aromatic amines is 1. The van der Waals surface area contributed by atoms with Crippen molar-refractivity contribution in [2.24, 2.45) is 0 Å². The van der Waals surface area contributed by atoms with E-state index in [0.29, 0.717) is 32.0 Å². The fourth-order valence-electron chi connectivity index (χ4n) is 3.75. The van der Waals surface area contributed by atoms with E-state index in [1.54, 1.807) is 11.2 Å². The average molecular weight is 356 g/mol. The second-order valence-electron chi connectivity index (χ2n) is 7.26. The largest absolute Gasteiger partial charge is 0.372 e. The molecule has 1 amide bonds. The summed E-state index contributed by atoms with van der Waals surface area (Å²) < 4.78 is 12.1. The Balaban J connectivity index is 1.32. The van der Waals surface area contributed by atoms with Crippen LogP contribution < -0.4 is 0 Å². The van der Waals surface area contributed by atoms with Gasteiger partial charge in [0.15, 0.2) is 0 Å². The van der Waals surface area contributed by atoms with Gasteiger partial charge in [-0.2, -0.15) is 0 Å². The Bertz CT molecular complexity index is 798. The van der Waals surface area contributed by atoms with Crippen molar-refractivity contribution in [1.82, 2.24) is 19.9 Å². The number of rotatable bonds is 4. The maximum absolute atomic E-state index is 12.5. The van der Waals surface area contributed by atoms with E-state index >= 15 is 0 Å². The third kappa shape index (κ3) is 3.37. The van der Waals surface area contributed by atoms with Crippen molar-refractivity contribution in [2.75, 3.05) is 19.7 Å². The van der Waals surface area contributed by atoms with Gasteiger partial charge in [0.1, 0.15) is 11.3 Å². The van der Waals surface area contributed by atoms with Crippen LogP contribution in [-0.2, 0) is 16.1 Å². The van der Waals surface area contributed by atoms with E-state index < -0.39 is 0 Å². The molecule has 2 fully saturated rings. The van der Waals surface area contributed by atoms with Gasteiger partial charge in [-0.25, -0.2) is 4.98 Å². The number of carbonyl (C=O) groups excluding carboxylic acids is 1. The summed E-state index contributed by atoms with van der Waals surface area (Å²) in [6.45, 7) is 6.21. The van der Waals surface area contributed by atoms with Crippen molar-refractivity contribution in [3.8, 4) is 0 Å². The Kier molecular flexibility index (Phi) is 4.50. The van der Waals surface area contributed by atoms with Crippen LogP contribution in [0.15, 0.2) is 24.5 Å². The number of carbonyl (C=O) groups is 1. The number of ether oxygens (including phenoxy) is 2. The van der Waals surface area contributed by atoms with Crippen LogP contribution in [0.3, 0.4) is 0 Å². The van der Waals surface area contributed by atoms with Crippen molar-refractivity contribution in [1.29, 1.82) is 0 Å². The molecule has 1 spiro atoms. The Morgan fingerprint density at radius 1 is 1.42 bits per heavy atom. The van der Waals surface area contributed by atoms with Gasteiger partial charge in [-0.1, -0.05) is 6.07 Å². The van der Waals surface area contributed by atoms with E-state index in [1.165, 1.54) is 0 Å². The number of nitrogens with zero attached hydrogens (tertiary/aromatic N) is 3. The van der Waals surface area contributed by atoms with Crippen LogP contribution in [0.4, 0.5) is 0 Å². The van der Waals surface area contributed by atoms with Crippen LogP contribution in [0.5, 0.6) is 0 Å². The average Bonchev–Trinajstić information content (AvgIpc) is 3.03. The summed E-state index contributed by atoms with van der Waals surface area (Å²) in [7, 11) is 0. The Morgan fingerprint density at radius 2 is 2.27 bits per heavy atom. The smallest absolute Gasteiger partial charge is 0.274 e. The van der Waals surface area contributed by atoms with Crippen LogP contribution in [-0.4, -0.2) is 57.2 Å². The van der Waals surface area contributed by atoms with Crippen molar-refractivity contribution in [3.63, 3.8) is 0 Å².